The summed E-state index contributed by atoms with van der Waals surface area (Å²) in [5.41, 5.74) is 2.63. The third-order valence-corrected chi connectivity index (χ3v) is 6.14. The molecule has 1 atom stereocenters. The second-order valence-electron chi connectivity index (χ2n) is 7.27. The van der Waals surface area contributed by atoms with Gasteiger partial charge in [0.15, 0.2) is 6.61 Å². The molecule has 1 aliphatic carbocycles. The molecule has 0 aliphatic heterocycles. The van der Waals surface area contributed by atoms with E-state index in [2.05, 4.69) is 23.0 Å². The molecule has 1 aromatic heterocycles. The van der Waals surface area contributed by atoms with Gasteiger partial charge in [0.1, 0.15) is 11.1 Å². The summed E-state index contributed by atoms with van der Waals surface area (Å²) in [6.45, 7) is 1.72. The summed E-state index contributed by atoms with van der Waals surface area (Å²) in [6, 6.07) is 8.67. The lowest BCUT2D eigenvalue weighted by Crippen LogP contribution is -2.20. The lowest BCUT2D eigenvalue weighted by atomic mass is 9.89. The largest absolute Gasteiger partial charge is 0.465 e. The van der Waals surface area contributed by atoms with Gasteiger partial charge in [-0.2, -0.15) is 5.26 Å². The highest BCUT2D eigenvalue weighted by molar-refractivity contribution is 7.16. The number of hydrogen-bond acceptors (Lipinski definition) is 7. The van der Waals surface area contributed by atoms with Crippen LogP contribution in [0.5, 0.6) is 0 Å². The zero-order valence-corrected chi connectivity index (χ0v) is 18.1. The molecule has 0 fully saturated rings. The normalized spacial score (nSPS) is 15.1. The molecular weight excluding hydrogens is 416 g/mol. The second-order valence-corrected chi connectivity index (χ2v) is 8.38. The molecule has 3 rings (SSSR count). The molecule has 1 amide bonds. The lowest BCUT2D eigenvalue weighted by Gasteiger charge is -2.17. The van der Waals surface area contributed by atoms with Gasteiger partial charge in [-0.05, 0) is 54.5 Å². The average Bonchev–Trinajstić information content (AvgIpc) is 3.11. The van der Waals surface area contributed by atoms with Crippen LogP contribution < -0.4 is 5.32 Å². The summed E-state index contributed by atoms with van der Waals surface area (Å²) in [7, 11) is 1.30. The number of hydrogen-bond donors (Lipinski definition) is 1. The number of methoxy groups -OCH3 is 1. The van der Waals surface area contributed by atoms with E-state index in [1.807, 2.05) is 0 Å². The highest BCUT2D eigenvalue weighted by Gasteiger charge is 2.24. The maximum Gasteiger partial charge on any atom is 0.337 e. The van der Waals surface area contributed by atoms with Gasteiger partial charge in [0.25, 0.3) is 5.91 Å². The van der Waals surface area contributed by atoms with E-state index in [9.17, 15) is 19.6 Å². The summed E-state index contributed by atoms with van der Waals surface area (Å²) in [6.07, 6.45) is 5.49. The molecule has 2 aromatic rings. The smallest absolute Gasteiger partial charge is 0.337 e. The van der Waals surface area contributed by atoms with Crippen molar-refractivity contribution in [3.05, 3.63) is 57.5 Å². The minimum atomic E-state index is -0.674. The number of thiophene rings is 1. The van der Waals surface area contributed by atoms with Crippen LogP contribution in [-0.4, -0.2) is 31.6 Å². The Morgan fingerprint density at radius 1 is 1.29 bits per heavy atom. The van der Waals surface area contributed by atoms with Crippen molar-refractivity contribution in [1.29, 1.82) is 5.26 Å². The van der Waals surface area contributed by atoms with E-state index in [1.54, 1.807) is 24.3 Å². The molecule has 1 aromatic carbocycles. The third-order valence-electron chi connectivity index (χ3n) is 4.97. The molecule has 31 heavy (non-hydrogen) atoms. The minimum absolute atomic E-state index is 0.403. The Hall–Kier alpha value is -3.44. The molecular formula is C23H22N2O5S. The molecule has 160 valence electrons. The van der Waals surface area contributed by atoms with E-state index < -0.39 is 24.5 Å². The number of nitrogens with one attached hydrogen (secondary N) is 1. The first-order valence-corrected chi connectivity index (χ1v) is 10.6. The van der Waals surface area contributed by atoms with Gasteiger partial charge in [0.2, 0.25) is 0 Å². The molecule has 0 radical (unpaired) electrons. The fourth-order valence-electron chi connectivity index (χ4n) is 3.32. The number of nitriles is 1. The first-order chi connectivity index (χ1) is 14.9. The number of rotatable bonds is 6. The number of ether oxygens (including phenoxy) is 2. The van der Waals surface area contributed by atoms with Gasteiger partial charge < -0.3 is 14.8 Å². The molecule has 0 bridgehead atoms. The Morgan fingerprint density at radius 2 is 2.03 bits per heavy atom. The van der Waals surface area contributed by atoms with Crippen molar-refractivity contribution < 1.29 is 23.9 Å². The number of esters is 2. The first kappa shape index (κ1) is 22.2. The lowest BCUT2D eigenvalue weighted by molar-refractivity contribution is -0.142. The molecule has 1 unspecified atom stereocenters. The molecule has 1 heterocycles. The van der Waals surface area contributed by atoms with Gasteiger partial charge in [0, 0.05) is 11.0 Å². The second kappa shape index (κ2) is 10.0. The van der Waals surface area contributed by atoms with Crippen LogP contribution in [-0.2, 0) is 31.9 Å². The van der Waals surface area contributed by atoms with Crippen molar-refractivity contribution in [2.45, 2.75) is 26.2 Å². The van der Waals surface area contributed by atoms with Gasteiger partial charge in [0.05, 0.1) is 18.2 Å². The van der Waals surface area contributed by atoms with E-state index in [-0.39, 0.29) is 0 Å². The van der Waals surface area contributed by atoms with Crippen LogP contribution in [0.15, 0.2) is 30.3 Å². The Kier molecular flexibility index (Phi) is 7.21. The number of nitrogens with zero attached hydrogens (tertiary/aromatic N) is 1. The summed E-state index contributed by atoms with van der Waals surface area (Å²) in [4.78, 5) is 36.7. The quantitative estimate of drug-likeness (QED) is 0.544. The van der Waals surface area contributed by atoms with E-state index in [0.717, 1.165) is 29.7 Å². The van der Waals surface area contributed by atoms with Crippen molar-refractivity contribution in [2.24, 2.45) is 5.92 Å². The van der Waals surface area contributed by atoms with E-state index >= 15 is 0 Å². The first-order valence-electron chi connectivity index (χ1n) is 9.79. The molecule has 0 saturated heterocycles. The SMILES string of the molecule is COC(=O)c1ccc(C=CC(=O)OCC(=O)Nc2sc3c(c2C#N)CCC(C)C3)cc1. The third kappa shape index (κ3) is 5.58. The zero-order valence-electron chi connectivity index (χ0n) is 17.3. The molecule has 1 N–H and O–H groups in total. The van der Waals surface area contributed by atoms with E-state index in [1.165, 1.54) is 30.6 Å². The highest BCUT2D eigenvalue weighted by Crippen LogP contribution is 2.39. The molecule has 7 nitrogen and oxygen atoms in total. The van der Waals surface area contributed by atoms with Crippen LogP contribution in [0.3, 0.4) is 0 Å². The number of anilines is 1. The minimum Gasteiger partial charge on any atom is -0.465 e. The van der Waals surface area contributed by atoms with Gasteiger partial charge in [-0.3, -0.25) is 4.79 Å². The number of carbonyl (C=O) groups excluding carboxylic acids is 3. The van der Waals surface area contributed by atoms with Gasteiger partial charge in [-0.25, -0.2) is 9.59 Å². The molecule has 0 spiro atoms. The summed E-state index contributed by atoms with van der Waals surface area (Å²) in [5.74, 6) is -1.05. The predicted octanol–water partition coefficient (Wildman–Crippen LogP) is 3.73. The number of amides is 1. The molecule has 1 aliphatic rings. The topological polar surface area (TPSA) is 105 Å². The zero-order chi connectivity index (χ0) is 22.4. The highest BCUT2D eigenvalue weighted by atomic mass is 32.1. The number of fused-ring (bicyclic) bond motifs is 1. The predicted molar refractivity (Wildman–Crippen MR) is 117 cm³/mol. The van der Waals surface area contributed by atoms with Crippen molar-refractivity contribution in [1.82, 2.24) is 0 Å². The summed E-state index contributed by atoms with van der Waals surface area (Å²) < 4.78 is 9.61. The Bertz CT molecular complexity index is 1060. The fourth-order valence-corrected chi connectivity index (χ4v) is 4.69. The van der Waals surface area contributed by atoms with Gasteiger partial charge in [-0.1, -0.05) is 19.1 Å². The van der Waals surface area contributed by atoms with E-state index in [0.29, 0.717) is 27.6 Å². The van der Waals surface area contributed by atoms with Crippen molar-refractivity contribution in [3.63, 3.8) is 0 Å². The van der Waals surface area contributed by atoms with Crippen LogP contribution in [0.1, 0.15) is 45.3 Å². The Labute approximate surface area is 184 Å². The fraction of sp³-hybridized carbons (Fsp3) is 0.304. The van der Waals surface area contributed by atoms with Crippen LogP contribution in [0, 0.1) is 17.2 Å². The maximum absolute atomic E-state index is 12.2. The van der Waals surface area contributed by atoms with Crippen molar-refractivity contribution in [3.8, 4) is 6.07 Å². The Balaban J connectivity index is 1.53. The number of benzene rings is 1. The van der Waals surface area contributed by atoms with E-state index in [4.69, 9.17) is 4.74 Å². The monoisotopic (exact) mass is 438 g/mol. The van der Waals surface area contributed by atoms with Gasteiger partial charge >= 0.3 is 11.9 Å². The van der Waals surface area contributed by atoms with Crippen molar-refractivity contribution in [2.75, 3.05) is 19.0 Å². The van der Waals surface area contributed by atoms with Crippen LogP contribution >= 0.6 is 11.3 Å². The molecule has 8 heteroatoms. The summed E-state index contributed by atoms with van der Waals surface area (Å²) in [5, 5.41) is 12.7. The van der Waals surface area contributed by atoms with Crippen LogP contribution in [0.25, 0.3) is 6.08 Å². The number of carbonyl (C=O) groups is 3. The average molecular weight is 439 g/mol. The molecule has 0 saturated carbocycles. The standard InChI is InChI=1S/C23H22N2O5S/c1-14-3-9-17-18(12-24)22(31-19(17)11-14)25-20(26)13-30-21(27)10-6-15-4-7-16(8-5-15)23(28)29-2/h4-8,10,14H,3,9,11,13H2,1-2H3,(H,25,26). The van der Waals surface area contributed by atoms with Gasteiger partial charge in [-0.15, -0.1) is 11.3 Å². The van der Waals surface area contributed by atoms with Crippen LogP contribution in [0.4, 0.5) is 5.00 Å². The van der Waals surface area contributed by atoms with Crippen molar-refractivity contribution >= 4 is 40.3 Å². The maximum atomic E-state index is 12.2. The Morgan fingerprint density at radius 3 is 2.71 bits per heavy atom. The van der Waals surface area contributed by atoms with Crippen LogP contribution in [0.2, 0.25) is 0 Å². The summed E-state index contributed by atoms with van der Waals surface area (Å²) >= 11 is 1.42.